The lowest BCUT2D eigenvalue weighted by Gasteiger charge is -2.17. The van der Waals surface area contributed by atoms with E-state index in [0.717, 1.165) is 17.0 Å². The van der Waals surface area contributed by atoms with Crippen molar-refractivity contribution in [3.63, 3.8) is 0 Å². The number of thioether (sulfide) groups is 1. The third kappa shape index (κ3) is 5.48. The van der Waals surface area contributed by atoms with E-state index in [9.17, 15) is 4.79 Å². The first-order chi connectivity index (χ1) is 14.1. The molecular weight excluding hydrogens is 384 g/mol. The zero-order valence-corrected chi connectivity index (χ0v) is 17.4. The summed E-state index contributed by atoms with van der Waals surface area (Å²) in [6.07, 6.45) is 1.48. The van der Waals surface area contributed by atoms with E-state index in [1.165, 1.54) is 11.8 Å². The standard InChI is InChI=1S/C22H24N4O2S/c1-4-14-26-21(17(3)28-19-13-9-8-10-16(19)2)24-25-22(26)29-15-20(27)23-18-11-6-5-7-12-18/h4-13,17H,1,14-15H2,2-3H3,(H,23,27). The Labute approximate surface area is 175 Å². The zero-order chi connectivity index (χ0) is 20.6. The van der Waals surface area contributed by atoms with E-state index in [4.69, 9.17) is 4.74 Å². The molecule has 0 radical (unpaired) electrons. The number of aryl methyl sites for hydroxylation is 1. The Bertz CT molecular complexity index is 972. The van der Waals surface area contributed by atoms with Gasteiger partial charge in [-0.05, 0) is 37.6 Å². The Morgan fingerprint density at radius 3 is 2.66 bits per heavy atom. The van der Waals surface area contributed by atoms with Gasteiger partial charge < -0.3 is 10.1 Å². The topological polar surface area (TPSA) is 69.0 Å². The molecule has 7 heteroatoms. The summed E-state index contributed by atoms with van der Waals surface area (Å²) in [6, 6.07) is 17.2. The molecule has 6 nitrogen and oxygen atoms in total. The van der Waals surface area contributed by atoms with Crippen LogP contribution < -0.4 is 10.1 Å². The van der Waals surface area contributed by atoms with Gasteiger partial charge in [-0.15, -0.1) is 16.8 Å². The SMILES string of the molecule is C=CCn1c(SCC(=O)Nc2ccccc2)nnc1C(C)Oc1ccccc1C. The smallest absolute Gasteiger partial charge is 0.234 e. The number of benzene rings is 2. The fourth-order valence-electron chi connectivity index (χ4n) is 2.79. The van der Waals surface area contributed by atoms with Crippen molar-refractivity contribution in [1.82, 2.24) is 14.8 Å². The number of ether oxygens (including phenoxy) is 1. The molecule has 1 amide bonds. The molecule has 0 saturated carbocycles. The highest BCUT2D eigenvalue weighted by molar-refractivity contribution is 7.99. The van der Waals surface area contributed by atoms with E-state index in [1.807, 2.05) is 73.0 Å². The van der Waals surface area contributed by atoms with Crippen molar-refractivity contribution in [3.8, 4) is 5.75 Å². The zero-order valence-electron chi connectivity index (χ0n) is 16.5. The Kier molecular flexibility index (Phi) is 7.08. The lowest BCUT2D eigenvalue weighted by atomic mass is 10.2. The minimum absolute atomic E-state index is 0.0971. The molecule has 1 N–H and O–H groups in total. The van der Waals surface area contributed by atoms with Crippen LogP contribution in [0.3, 0.4) is 0 Å². The number of anilines is 1. The van der Waals surface area contributed by atoms with Crippen molar-refractivity contribution < 1.29 is 9.53 Å². The minimum atomic E-state index is -0.295. The fraction of sp³-hybridized carbons (Fsp3) is 0.227. The number of hydrogen-bond donors (Lipinski definition) is 1. The molecular formula is C22H24N4O2S. The molecule has 29 heavy (non-hydrogen) atoms. The van der Waals surface area contributed by atoms with Gasteiger partial charge in [0.25, 0.3) is 0 Å². The molecule has 1 unspecified atom stereocenters. The summed E-state index contributed by atoms with van der Waals surface area (Å²) >= 11 is 1.34. The number of aromatic nitrogens is 3. The summed E-state index contributed by atoms with van der Waals surface area (Å²) < 4.78 is 8.02. The Morgan fingerprint density at radius 1 is 1.21 bits per heavy atom. The Balaban J connectivity index is 1.68. The lowest BCUT2D eigenvalue weighted by Crippen LogP contribution is -2.15. The van der Waals surface area contributed by atoms with Gasteiger partial charge in [-0.2, -0.15) is 0 Å². The molecule has 1 heterocycles. The van der Waals surface area contributed by atoms with Gasteiger partial charge in [-0.3, -0.25) is 9.36 Å². The Hall–Kier alpha value is -3.06. The second kappa shape index (κ2) is 9.93. The molecule has 150 valence electrons. The van der Waals surface area contributed by atoms with E-state index in [2.05, 4.69) is 22.1 Å². The maximum atomic E-state index is 12.2. The van der Waals surface area contributed by atoms with Gasteiger partial charge >= 0.3 is 0 Å². The van der Waals surface area contributed by atoms with Crippen molar-refractivity contribution >= 4 is 23.4 Å². The number of carbonyl (C=O) groups excluding carboxylic acids is 1. The Morgan fingerprint density at radius 2 is 1.93 bits per heavy atom. The highest BCUT2D eigenvalue weighted by Crippen LogP contribution is 2.26. The molecule has 0 bridgehead atoms. The predicted octanol–water partition coefficient (Wildman–Crippen LogP) is 4.64. The number of para-hydroxylation sites is 2. The van der Waals surface area contributed by atoms with Crippen LogP contribution in [0.5, 0.6) is 5.75 Å². The van der Waals surface area contributed by atoms with Gasteiger partial charge in [0.2, 0.25) is 5.91 Å². The first-order valence-electron chi connectivity index (χ1n) is 9.32. The van der Waals surface area contributed by atoms with Gasteiger partial charge in [0.1, 0.15) is 5.75 Å². The van der Waals surface area contributed by atoms with Crippen LogP contribution in [0.1, 0.15) is 24.4 Å². The summed E-state index contributed by atoms with van der Waals surface area (Å²) in [4.78, 5) is 12.2. The van der Waals surface area contributed by atoms with E-state index in [0.29, 0.717) is 17.5 Å². The van der Waals surface area contributed by atoms with Crippen LogP contribution in [0.15, 0.2) is 72.4 Å². The molecule has 2 aromatic carbocycles. The van der Waals surface area contributed by atoms with Crippen molar-refractivity contribution in [2.45, 2.75) is 31.7 Å². The van der Waals surface area contributed by atoms with Gasteiger partial charge in [0, 0.05) is 12.2 Å². The molecule has 0 aliphatic rings. The molecule has 3 rings (SSSR count). The van der Waals surface area contributed by atoms with E-state index >= 15 is 0 Å². The second-order valence-corrected chi connectivity index (χ2v) is 7.41. The third-order valence-corrected chi connectivity index (χ3v) is 5.17. The minimum Gasteiger partial charge on any atom is -0.482 e. The molecule has 0 fully saturated rings. The second-order valence-electron chi connectivity index (χ2n) is 6.47. The van der Waals surface area contributed by atoms with Crippen molar-refractivity contribution in [2.75, 3.05) is 11.1 Å². The third-order valence-electron chi connectivity index (χ3n) is 4.21. The van der Waals surface area contributed by atoms with Crippen molar-refractivity contribution in [1.29, 1.82) is 0 Å². The quantitative estimate of drug-likeness (QED) is 0.412. The molecule has 0 saturated heterocycles. The predicted molar refractivity (Wildman–Crippen MR) is 116 cm³/mol. The molecule has 1 atom stereocenters. The van der Waals surface area contributed by atoms with Crippen molar-refractivity contribution in [3.05, 3.63) is 78.6 Å². The first kappa shape index (κ1) is 20.7. The highest BCUT2D eigenvalue weighted by atomic mass is 32.2. The van der Waals surface area contributed by atoms with Crippen LogP contribution in [0.2, 0.25) is 0 Å². The average molecular weight is 409 g/mol. The van der Waals surface area contributed by atoms with Gasteiger partial charge in [-0.1, -0.05) is 54.2 Å². The van der Waals surface area contributed by atoms with Crippen molar-refractivity contribution in [2.24, 2.45) is 0 Å². The number of nitrogens with one attached hydrogen (secondary N) is 1. The summed E-state index contributed by atoms with van der Waals surface area (Å²) in [5, 5.41) is 12.1. The van der Waals surface area contributed by atoms with Gasteiger partial charge in [0.05, 0.1) is 5.75 Å². The molecule has 0 aliphatic carbocycles. The number of hydrogen-bond acceptors (Lipinski definition) is 5. The van der Waals surface area contributed by atoms with E-state index in [1.54, 1.807) is 6.08 Å². The monoisotopic (exact) mass is 408 g/mol. The number of allylic oxidation sites excluding steroid dienone is 1. The van der Waals surface area contributed by atoms with Crippen LogP contribution in [0.4, 0.5) is 5.69 Å². The molecule has 1 aromatic heterocycles. The largest absolute Gasteiger partial charge is 0.482 e. The van der Waals surface area contributed by atoms with Crippen LogP contribution >= 0.6 is 11.8 Å². The number of rotatable bonds is 9. The number of amides is 1. The fourth-order valence-corrected chi connectivity index (χ4v) is 3.54. The number of nitrogens with zero attached hydrogens (tertiary/aromatic N) is 3. The summed E-state index contributed by atoms with van der Waals surface area (Å²) in [5.74, 6) is 1.64. The van der Waals surface area contributed by atoms with Gasteiger partial charge in [-0.25, -0.2) is 0 Å². The number of carbonyl (C=O) groups is 1. The highest BCUT2D eigenvalue weighted by Gasteiger charge is 2.20. The van der Waals surface area contributed by atoms with Crippen LogP contribution in [-0.2, 0) is 11.3 Å². The van der Waals surface area contributed by atoms with E-state index < -0.39 is 0 Å². The maximum absolute atomic E-state index is 12.2. The average Bonchev–Trinajstić information content (AvgIpc) is 3.12. The maximum Gasteiger partial charge on any atom is 0.234 e. The normalized spacial score (nSPS) is 11.7. The van der Waals surface area contributed by atoms with Crippen LogP contribution in [0, 0.1) is 6.92 Å². The summed E-state index contributed by atoms with van der Waals surface area (Å²) in [6.45, 7) is 8.29. The van der Waals surface area contributed by atoms with E-state index in [-0.39, 0.29) is 17.8 Å². The first-order valence-corrected chi connectivity index (χ1v) is 10.3. The van der Waals surface area contributed by atoms with Crippen LogP contribution in [0.25, 0.3) is 0 Å². The molecule has 3 aromatic rings. The lowest BCUT2D eigenvalue weighted by molar-refractivity contribution is -0.113. The van der Waals surface area contributed by atoms with Crippen LogP contribution in [-0.4, -0.2) is 26.4 Å². The molecule has 0 aliphatic heterocycles. The summed E-state index contributed by atoms with van der Waals surface area (Å²) in [5.41, 5.74) is 1.83. The van der Waals surface area contributed by atoms with Gasteiger partial charge in [0.15, 0.2) is 17.1 Å². The molecule has 0 spiro atoms. The summed E-state index contributed by atoms with van der Waals surface area (Å²) in [7, 11) is 0.